The second-order valence-electron chi connectivity index (χ2n) is 2.55. The summed E-state index contributed by atoms with van der Waals surface area (Å²) in [6.45, 7) is -0.359. The maximum absolute atomic E-state index is 12.4. The maximum Gasteiger partial charge on any atom is 0.265 e. The highest BCUT2D eigenvalue weighted by molar-refractivity contribution is 9.08. The monoisotopic (exact) mass is 285 g/mol. The number of alkyl halides is 3. The van der Waals surface area contributed by atoms with Crippen LogP contribution >= 0.6 is 27.5 Å². The Kier molecular flexibility index (Phi) is 4.22. The van der Waals surface area contributed by atoms with E-state index in [0.717, 1.165) is 6.07 Å². The van der Waals surface area contributed by atoms with Crippen LogP contribution in [0.5, 0.6) is 0 Å². The normalized spacial score (nSPS) is 11.0. The van der Waals surface area contributed by atoms with E-state index in [1.165, 1.54) is 0 Å². The van der Waals surface area contributed by atoms with E-state index in [0.29, 0.717) is 0 Å². The summed E-state index contributed by atoms with van der Waals surface area (Å²) in [5.74, 6) is 0. The van der Waals surface area contributed by atoms with E-state index < -0.39 is 6.43 Å². The molecule has 0 fully saturated rings. The summed E-state index contributed by atoms with van der Waals surface area (Å²) in [7, 11) is 0. The van der Waals surface area contributed by atoms with Crippen molar-refractivity contribution in [2.24, 2.45) is 0 Å². The Morgan fingerprint density at radius 2 is 2.14 bits per heavy atom. The molecule has 0 aliphatic rings. The molecule has 0 saturated heterocycles. The van der Waals surface area contributed by atoms with Crippen molar-refractivity contribution in [2.75, 3.05) is 0 Å². The van der Waals surface area contributed by atoms with Gasteiger partial charge in [-0.05, 0) is 6.07 Å². The number of hydrogen-bond donors (Lipinski definition) is 1. The van der Waals surface area contributed by atoms with Gasteiger partial charge in [-0.2, -0.15) is 0 Å². The first-order valence-corrected chi connectivity index (χ1v) is 5.23. The second kappa shape index (κ2) is 5.00. The summed E-state index contributed by atoms with van der Waals surface area (Å²) in [6, 6.07) is 1.14. The third kappa shape index (κ3) is 2.40. The number of nitrogens with zero attached hydrogens (tertiary/aromatic N) is 1. The first-order chi connectivity index (χ1) is 6.60. The van der Waals surface area contributed by atoms with Gasteiger partial charge in [0.1, 0.15) is 0 Å². The fourth-order valence-electron chi connectivity index (χ4n) is 0.991. The minimum Gasteiger partial charge on any atom is -0.390 e. The Hall–Kier alpha value is -0.260. The molecule has 0 radical (unpaired) electrons. The number of pyridine rings is 1. The molecule has 0 spiro atoms. The SMILES string of the molecule is OCc1nc(CBr)c(C(F)F)cc1Cl. The Labute approximate surface area is 93.0 Å². The molecular weight excluding hydrogens is 279 g/mol. The van der Waals surface area contributed by atoms with Crippen LogP contribution in [0.4, 0.5) is 8.78 Å². The van der Waals surface area contributed by atoms with Crippen LogP contribution in [0, 0.1) is 0 Å². The highest BCUT2D eigenvalue weighted by Crippen LogP contribution is 2.27. The lowest BCUT2D eigenvalue weighted by atomic mass is 10.2. The van der Waals surface area contributed by atoms with E-state index in [2.05, 4.69) is 20.9 Å². The molecule has 0 aliphatic carbocycles. The molecule has 1 heterocycles. The van der Waals surface area contributed by atoms with E-state index in [9.17, 15) is 8.78 Å². The molecule has 0 atom stereocenters. The molecule has 0 saturated carbocycles. The summed E-state index contributed by atoms with van der Waals surface area (Å²) >= 11 is 8.68. The Morgan fingerprint density at radius 1 is 1.50 bits per heavy atom. The predicted molar refractivity (Wildman–Crippen MR) is 52.8 cm³/mol. The smallest absolute Gasteiger partial charge is 0.265 e. The average molecular weight is 287 g/mol. The van der Waals surface area contributed by atoms with Crippen molar-refractivity contribution in [3.8, 4) is 0 Å². The number of aliphatic hydroxyl groups is 1. The molecule has 14 heavy (non-hydrogen) atoms. The third-order valence-corrected chi connectivity index (χ3v) is 2.53. The van der Waals surface area contributed by atoms with Gasteiger partial charge in [-0.25, -0.2) is 8.78 Å². The molecule has 1 rings (SSSR count). The molecule has 0 unspecified atom stereocenters. The number of rotatable bonds is 3. The summed E-state index contributed by atoms with van der Waals surface area (Å²) in [5, 5.41) is 9.09. The zero-order valence-electron chi connectivity index (χ0n) is 6.98. The van der Waals surface area contributed by atoms with Gasteiger partial charge < -0.3 is 5.11 Å². The molecule has 0 aromatic carbocycles. The first kappa shape index (κ1) is 11.8. The van der Waals surface area contributed by atoms with Gasteiger partial charge in [0.15, 0.2) is 0 Å². The zero-order chi connectivity index (χ0) is 10.7. The number of aliphatic hydroxyl groups excluding tert-OH is 1. The van der Waals surface area contributed by atoms with Gasteiger partial charge in [0.2, 0.25) is 0 Å². The Bertz CT molecular complexity index is 335. The topological polar surface area (TPSA) is 33.1 Å². The van der Waals surface area contributed by atoms with E-state index in [4.69, 9.17) is 16.7 Å². The molecule has 0 bridgehead atoms. The van der Waals surface area contributed by atoms with E-state index in [1.807, 2.05) is 0 Å². The van der Waals surface area contributed by atoms with E-state index >= 15 is 0 Å². The van der Waals surface area contributed by atoms with Gasteiger partial charge in [-0.1, -0.05) is 27.5 Å². The molecule has 0 amide bonds. The van der Waals surface area contributed by atoms with E-state index in [1.54, 1.807) is 0 Å². The van der Waals surface area contributed by atoms with Crippen LogP contribution in [0.1, 0.15) is 23.4 Å². The van der Waals surface area contributed by atoms with Crippen molar-refractivity contribution in [3.63, 3.8) is 0 Å². The zero-order valence-corrected chi connectivity index (χ0v) is 9.32. The molecule has 78 valence electrons. The summed E-state index contributed by atoms with van der Waals surface area (Å²) in [5.41, 5.74) is 0.211. The van der Waals surface area contributed by atoms with Gasteiger partial charge in [-0.15, -0.1) is 0 Å². The molecule has 2 nitrogen and oxygen atoms in total. The van der Waals surface area contributed by atoms with Crippen LogP contribution in [0.3, 0.4) is 0 Å². The molecule has 0 aliphatic heterocycles. The number of hydrogen-bond acceptors (Lipinski definition) is 2. The number of aromatic nitrogens is 1. The highest BCUT2D eigenvalue weighted by atomic mass is 79.9. The first-order valence-electron chi connectivity index (χ1n) is 3.73. The maximum atomic E-state index is 12.4. The van der Waals surface area contributed by atoms with Crippen LogP contribution in [0.2, 0.25) is 5.02 Å². The molecule has 6 heteroatoms. The fourth-order valence-corrected chi connectivity index (χ4v) is 1.66. The highest BCUT2D eigenvalue weighted by Gasteiger charge is 2.16. The largest absolute Gasteiger partial charge is 0.390 e. The third-order valence-electron chi connectivity index (χ3n) is 1.67. The molecule has 1 aromatic heterocycles. The van der Waals surface area contributed by atoms with Gasteiger partial charge in [0, 0.05) is 10.9 Å². The van der Waals surface area contributed by atoms with E-state index in [-0.39, 0.29) is 33.9 Å². The van der Waals surface area contributed by atoms with Crippen molar-refractivity contribution in [1.82, 2.24) is 4.98 Å². The lowest BCUT2D eigenvalue weighted by Gasteiger charge is -2.08. The van der Waals surface area contributed by atoms with Crippen LogP contribution < -0.4 is 0 Å². The van der Waals surface area contributed by atoms with Gasteiger partial charge in [0.05, 0.1) is 23.0 Å². The van der Waals surface area contributed by atoms with Crippen molar-refractivity contribution in [2.45, 2.75) is 18.4 Å². The standard InChI is InChI=1S/C8H7BrClF2NO/c9-2-6-4(8(11)12)1-5(10)7(3-14)13-6/h1,8,14H,2-3H2. The summed E-state index contributed by atoms with van der Waals surface area (Å²) < 4.78 is 24.9. The number of halogens is 4. The van der Waals surface area contributed by atoms with Crippen molar-refractivity contribution in [3.05, 3.63) is 28.0 Å². The van der Waals surface area contributed by atoms with Gasteiger partial charge >= 0.3 is 0 Å². The van der Waals surface area contributed by atoms with Gasteiger partial charge in [0.25, 0.3) is 6.43 Å². The second-order valence-corrected chi connectivity index (χ2v) is 3.51. The van der Waals surface area contributed by atoms with Crippen LogP contribution in [-0.2, 0) is 11.9 Å². The Balaban J connectivity index is 3.24. The molecular formula is C8H7BrClF2NO. The van der Waals surface area contributed by atoms with Crippen molar-refractivity contribution >= 4 is 27.5 Å². The summed E-state index contributed by atoms with van der Waals surface area (Å²) in [4.78, 5) is 3.82. The summed E-state index contributed by atoms with van der Waals surface area (Å²) in [6.07, 6.45) is -2.61. The fraction of sp³-hybridized carbons (Fsp3) is 0.375. The van der Waals surface area contributed by atoms with Crippen LogP contribution in [0.15, 0.2) is 6.07 Å². The Morgan fingerprint density at radius 3 is 2.57 bits per heavy atom. The lowest BCUT2D eigenvalue weighted by molar-refractivity contribution is 0.150. The van der Waals surface area contributed by atoms with Crippen molar-refractivity contribution < 1.29 is 13.9 Å². The van der Waals surface area contributed by atoms with Crippen molar-refractivity contribution in [1.29, 1.82) is 0 Å². The van der Waals surface area contributed by atoms with Crippen LogP contribution in [-0.4, -0.2) is 10.1 Å². The lowest BCUT2D eigenvalue weighted by Crippen LogP contribution is -2.01. The van der Waals surface area contributed by atoms with Gasteiger partial charge in [-0.3, -0.25) is 4.98 Å². The minimum atomic E-state index is -2.61. The van der Waals surface area contributed by atoms with Crippen LogP contribution in [0.25, 0.3) is 0 Å². The molecule has 1 N–H and O–H groups in total. The average Bonchev–Trinajstić information content (AvgIpc) is 2.17. The molecule has 1 aromatic rings. The minimum absolute atomic E-state index is 0.0625. The predicted octanol–water partition coefficient (Wildman–Crippen LogP) is 3.06. The quantitative estimate of drug-likeness (QED) is 0.866.